The van der Waals surface area contributed by atoms with Gasteiger partial charge >= 0.3 is 5.97 Å². The van der Waals surface area contributed by atoms with Gasteiger partial charge in [0.15, 0.2) is 0 Å². The molecule has 0 spiro atoms. The van der Waals surface area contributed by atoms with Crippen molar-refractivity contribution >= 4 is 17.6 Å². The van der Waals surface area contributed by atoms with Gasteiger partial charge in [0, 0.05) is 5.56 Å². The highest BCUT2D eigenvalue weighted by Gasteiger charge is 2.47. The number of hydrogen-bond donors (Lipinski definition) is 0. The Labute approximate surface area is 148 Å². The first kappa shape index (κ1) is 17.2. The van der Waals surface area contributed by atoms with Gasteiger partial charge in [-0.25, -0.2) is 0 Å². The second-order valence-electron chi connectivity index (χ2n) is 7.17. The summed E-state index contributed by atoms with van der Waals surface area (Å²) < 4.78 is 5.77. The predicted molar refractivity (Wildman–Crippen MR) is 97.1 cm³/mol. The van der Waals surface area contributed by atoms with Gasteiger partial charge in [0.05, 0.1) is 17.0 Å². The average Bonchev–Trinajstić information content (AvgIpc) is 2.80. The van der Waals surface area contributed by atoms with Crippen molar-refractivity contribution in [2.75, 3.05) is 4.90 Å². The summed E-state index contributed by atoms with van der Waals surface area (Å²) in [5.41, 5.74) is 1.86. The minimum Gasteiger partial charge on any atom is -0.436 e. The van der Waals surface area contributed by atoms with Crippen molar-refractivity contribution in [1.82, 2.24) is 0 Å². The monoisotopic (exact) mass is 337 g/mol. The van der Waals surface area contributed by atoms with Crippen molar-refractivity contribution in [3.8, 4) is 0 Å². The molecule has 2 aromatic carbocycles. The Bertz CT molecular complexity index is 796. The SMILES string of the molecule is CC(C)C(=O)OC(c1ccccc1)N1C(=O)C(C)(C)c2ccccc21. The predicted octanol–water partition coefficient (Wildman–Crippen LogP) is 4.21. The van der Waals surface area contributed by atoms with Crippen molar-refractivity contribution in [2.45, 2.75) is 39.3 Å². The van der Waals surface area contributed by atoms with Crippen LogP contribution in [0.25, 0.3) is 0 Å². The summed E-state index contributed by atoms with van der Waals surface area (Å²) in [5, 5.41) is 0. The number of carbonyl (C=O) groups is 2. The smallest absolute Gasteiger partial charge is 0.310 e. The third kappa shape index (κ3) is 2.93. The van der Waals surface area contributed by atoms with Gasteiger partial charge in [0.1, 0.15) is 0 Å². The van der Waals surface area contributed by atoms with Crippen LogP contribution < -0.4 is 4.90 Å². The molecule has 25 heavy (non-hydrogen) atoms. The average molecular weight is 337 g/mol. The molecule has 0 bridgehead atoms. The van der Waals surface area contributed by atoms with Gasteiger partial charge in [-0.15, -0.1) is 0 Å². The fourth-order valence-electron chi connectivity index (χ4n) is 3.10. The van der Waals surface area contributed by atoms with E-state index in [4.69, 9.17) is 4.74 Å². The zero-order chi connectivity index (χ0) is 18.2. The molecule has 0 N–H and O–H groups in total. The lowest BCUT2D eigenvalue weighted by molar-refractivity contribution is -0.154. The van der Waals surface area contributed by atoms with Crippen LogP contribution in [0.5, 0.6) is 0 Å². The molecule has 0 radical (unpaired) electrons. The van der Waals surface area contributed by atoms with Gasteiger partial charge in [0.2, 0.25) is 12.1 Å². The molecule has 4 heteroatoms. The van der Waals surface area contributed by atoms with Crippen LogP contribution in [0, 0.1) is 5.92 Å². The van der Waals surface area contributed by atoms with E-state index >= 15 is 0 Å². The highest BCUT2D eigenvalue weighted by atomic mass is 16.6. The first-order valence-electron chi connectivity index (χ1n) is 8.52. The number of rotatable bonds is 4. The fourth-order valence-corrected chi connectivity index (χ4v) is 3.10. The van der Waals surface area contributed by atoms with Crippen LogP contribution in [0.4, 0.5) is 5.69 Å². The highest BCUT2D eigenvalue weighted by molar-refractivity contribution is 6.08. The van der Waals surface area contributed by atoms with E-state index in [1.54, 1.807) is 18.7 Å². The summed E-state index contributed by atoms with van der Waals surface area (Å²) in [7, 11) is 0. The van der Waals surface area contributed by atoms with E-state index in [0.29, 0.717) is 0 Å². The van der Waals surface area contributed by atoms with E-state index in [-0.39, 0.29) is 17.8 Å². The number of esters is 1. The molecule has 1 atom stereocenters. The minimum absolute atomic E-state index is 0.0703. The summed E-state index contributed by atoms with van der Waals surface area (Å²) >= 11 is 0. The van der Waals surface area contributed by atoms with E-state index in [1.807, 2.05) is 68.4 Å². The number of nitrogens with zero attached hydrogens (tertiary/aromatic N) is 1. The second kappa shape index (κ2) is 6.36. The summed E-state index contributed by atoms with van der Waals surface area (Å²) in [5.74, 6) is -0.671. The lowest BCUT2D eigenvalue weighted by atomic mass is 9.86. The molecule has 0 aliphatic carbocycles. The summed E-state index contributed by atoms with van der Waals surface area (Å²) in [4.78, 5) is 27.1. The van der Waals surface area contributed by atoms with Crippen LogP contribution in [0.15, 0.2) is 54.6 Å². The molecule has 0 saturated carbocycles. The first-order valence-corrected chi connectivity index (χ1v) is 8.52. The van der Waals surface area contributed by atoms with E-state index in [0.717, 1.165) is 16.8 Å². The zero-order valence-electron chi connectivity index (χ0n) is 15.0. The van der Waals surface area contributed by atoms with Crippen molar-refractivity contribution in [3.05, 3.63) is 65.7 Å². The third-order valence-corrected chi connectivity index (χ3v) is 4.61. The van der Waals surface area contributed by atoms with E-state index in [9.17, 15) is 9.59 Å². The maximum atomic E-state index is 13.2. The molecular formula is C21H23NO3. The molecule has 0 fully saturated rings. The molecule has 3 rings (SSSR count). The topological polar surface area (TPSA) is 46.6 Å². The molecular weight excluding hydrogens is 314 g/mol. The zero-order valence-corrected chi connectivity index (χ0v) is 15.0. The highest BCUT2D eigenvalue weighted by Crippen LogP contribution is 2.45. The van der Waals surface area contributed by atoms with E-state index < -0.39 is 11.6 Å². The van der Waals surface area contributed by atoms with Crippen molar-refractivity contribution in [1.29, 1.82) is 0 Å². The Balaban J connectivity index is 2.10. The van der Waals surface area contributed by atoms with Crippen LogP contribution in [0.2, 0.25) is 0 Å². The standard InChI is InChI=1S/C21H23NO3/c1-14(2)19(23)25-18(15-10-6-5-7-11-15)22-17-13-9-8-12-16(17)21(3,4)20(22)24/h5-14,18H,1-4H3. The molecule has 1 unspecified atom stereocenters. The number of anilines is 1. The van der Waals surface area contributed by atoms with Crippen LogP contribution in [0.3, 0.4) is 0 Å². The van der Waals surface area contributed by atoms with Crippen molar-refractivity contribution in [2.24, 2.45) is 5.92 Å². The molecule has 130 valence electrons. The van der Waals surface area contributed by atoms with Crippen molar-refractivity contribution in [3.63, 3.8) is 0 Å². The number of ether oxygens (including phenoxy) is 1. The molecule has 1 amide bonds. The maximum absolute atomic E-state index is 13.2. The molecule has 4 nitrogen and oxygen atoms in total. The summed E-state index contributed by atoms with van der Waals surface area (Å²) in [6, 6.07) is 17.1. The number of fused-ring (bicyclic) bond motifs is 1. The molecule has 0 aromatic heterocycles. The summed E-state index contributed by atoms with van der Waals surface area (Å²) in [6.07, 6.45) is -0.772. The van der Waals surface area contributed by atoms with Crippen LogP contribution >= 0.6 is 0 Å². The maximum Gasteiger partial charge on any atom is 0.310 e. The van der Waals surface area contributed by atoms with E-state index in [1.165, 1.54) is 0 Å². The van der Waals surface area contributed by atoms with E-state index in [2.05, 4.69) is 0 Å². The molecule has 1 heterocycles. The Hall–Kier alpha value is -2.62. The van der Waals surface area contributed by atoms with Crippen LogP contribution in [-0.4, -0.2) is 11.9 Å². The third-order valence-electron chi connectivity index (χ3n) is 4.61. The number of amides is 1. The molecule has 2 aromatic rings. The largest absolute Gasteiger partial charge is 0.436 e. The quantitative estimate of drug-likeness (QED) is 0.785. The van der Waals surface area contributed by atoms with Gasteiger partial charge in [-0.05, 0) is 25.5 Å². The van der Waals surface area contributed by atoms with Gasteiger partial charge < -0.3 is 4.74 Å². The number of carbonyl (C=O) groups excluding carboxylic acids is 2. The molecule has 1 aliphatic heterocycles. The lowest BCUT2D eigenvalue weighted by Gasteiger charge is -2.30. The van der Waals surface area contributed by atoms with Crippen LogP contribution in [-0.2, 0) is 19.7 Å². The Morgan fingerprint density at radius 3 is 2.24 bits per heavy atom. The molecule has 0 saturated heterocycles. The Morgan fingerprint density at radius 2 is 1.60 bits per heavy atom. The van der Waals surface area contributed by atoms with Gasteiger partial charge in [0.25, 0.3) is 0 Å². The lowest BCUT2D eigenvalue weighted by Crippen LogP contribution is -2.40. The number of hydrogen-bond acceptors (Lipinski definition) is 3. The number of benzene rings is 2. The Kier molecular flexibility index (Phi) is 4.38. The van der Waals surface area contributed by atoms with Gasteiger partial charge in [-0.1, -0.05) is 62.4 Å². The second-order valence-corrected chi connectivity index (χ2v) is 7.17. The minimum atomic E-state index is -0.772. The van der Waals surface area contributed by atoms with Gasteiger partial charge in [-0.3, -0.25) is 14.5 Å². The van der Waals surface area contributed by atoms with Crippen molar-refractivity contribution < 1.29 is 14.3 Å². The van der Waals surface area contributed by atoms with Gasteiger partial charge in [-0.2, -0.15) is 0 Å². The first-order chi connectivity index (χ1) is 11.8. The molecule has 1 aliphatic rings. The number of para-hydroxylation sites is 1. The Morgan fingerprint density at radius 1 is 1.00 bits per heavy atom. The summed E-state index contributed by atoms with van der Waals surface area (Å²) in [6.45, 7) is 7.38. The fraction of sp³-hybridized carbons (Fsp3) is 0.333. The normalized spacial score (nSPS) is 16.7. The van der Waals surface area contributed by atoms with Crippen LogP contribution in [0.1, 0.15) is 45.0 Å².